The van der Waals surface area contributed by atoms with Crippen molar-refractivity contribution in [3.63, 3.8) is 0 Å². The van der Waals surface area contributed by atoms with Crippen LogP contribution >= 0.6 is 11.3 Å². The Balaban J connectivity index is 1.52. The molecule has 1 aliphatic heterocycles. The van der Waals surface area contributed by atoms with E-state index in [1.807, 2.05) is 53.6 Å². The molecule has 0 spiro atoms. The summed E-state index contributed by atoms with van der Waals surface area (Å²) in [6, 6.07) is 11.9. The van der Waals surface area contributed by atoms with Crippen molar-refractivity contribution >= 4 is 17.2 Å². The van der Waals surface area contributed by atoms with Gasteiger partial charge < -0.3 is 9.42 Å². The zero-order valence-electron chi connectivity index (χ0n) is 14.0. The summed E-state index contributed by atoms with van der Waals surface area (Å²) in [6.45, 7) is 2.79. The summed E-state index contributed by atoms with van der Waals surface area (Å²) in [6.07, 6.45) is 2.27. The first-order chi connectivity index (χ1) is 12.2. The van der Waals surface area contributed by atoms with Gasteiger partial charge >= 0.3 is 0 Å². The van der Waals surface area contributed by atoms with E-state index in [0.717, 1.165) is 29.8 Å². The molecule has 1 unspecified atom stereocenters. The van der Waals surface area contributed by atoms with Crippen molar-refractivity contribution in [2.24, 2.45) is 0 Å². The van der Waals surface area contributed by atoms with Gasteiger partial charge in [0.15, 0.2) is 0 Å². The molecule has 1 amide bonds. The number of carbonyl (C=O) groups is 1. The van der Waals surface area contributed by atoms with E-state index in [1.54, 1.807) is 11.3 Å². The fourth-order valence-corrected chi connectivity index (χ4v) is 3.87. The number of amides is 1. The van der Waals surface area contributed by atoms with Gasteiger partial charge in [0.1, 0.15) is 6.04 Å². The molecule has 0 radical (unpaired) electrons. The molecule has 1 aromatic carbocycles. The summed E-state index contributed by atoms with van der Waals surface area (Å²) in [7, 11) is 0. The Hall–Kier alpha value is -2.47. The van der Waals surface area contributed by atoms with Crippen LogP contribution in [0.15, 0.2) is 46.3 Å². The van der Waals surface area contributed by atoms with Crippen LogP contribution < -0.4 is 0 Å². The first-order valence-electron chi connectivity index (χ1n) is 8.43. The van der Waals surface area contributed by atoms with Crippen LogP contribution in [-0.4, -0.2) is 27.5 Å². The average molecular weight is 353 g/mol. The molecule has 128 valence electrons. The second-order valence-electron chi connectivity index (χ2n) is 6.32. The Bertz CT molecular complexity index is 855. The maximum Gasteiger partial charge on any atom is 0.249 e. The number of hydrogen-bond acceptors (Lipinski definition) is 5. The number of thiophene rings is 1. The molecule has 1 atom stereocenters. The van der Waals surface area contributed by atoms with Crippen LogP contribution in [0.25, 0.3) is 11.4 Å². The van der Waals surface area contributed by atoms with Gasteiger partial charge in [0.25, 0.3) is 0 Å². The number of rotatable bonds is 4. The highest BCUT2D eigenvalue weighted by Crippen LogP contribution is 2.32. The lowest BCUT2D eigenvalue weighted by atomic mass is 10.1. The maximum absolute atomic E-state index is 12.7. The molecule has 0 bridgehead atoms. The zero-order valence-corrected chi connectivity index (χ0v) is 14.8. The molecular formula is C19H19N3O2S. The molecule has 3 heterocycles. The summed E-state index contributed by atoms with van der Waals surface area (Å²) in [5.41, 5.74) is 2.11. The number of nitrogens with zero attached hydrogens (tertiary/aromatic N) is 3. The monoisotopic (exact) mass is 353 g/mol. The summed E-state index contributed by atoms with van der Waals surface area (Å²) in [4.78, 5) is 20.2. The molecule has 2 aromatic heterocycles. The predicted octanol–water partition coefficient (Wildman–Crippen LogP) is 4.01. The number of hydrogen-bond donors (Lipinski definition) is 0. The van der Waals surface area contributed by atoms with E-state index in [-0.39, 0.29) is 11.9 Å². The van der Waals surface area contributed by atoms with Gasteiger partial charge in [-0.1, -0.05) is 41.1 Å². The number of aryl methyl sites for hydroxylation is 1. The standard InChI is InChI=1S/C19H19N3O2S/c1-13-6-8-14(9-7-13)18-20-19(24-21-18)16-5-2-10-22(16)17(23)12-15-4-3-11-25-15/h3-4,6-9,11,16H,2,5,10,12H2,1H3. The van der Waals surface area contributed by atoms with Gasteiger partial charge in [-0.3, -0.25) is 4.79 Å². The normalized spacial score (nSPS) is 17.2. The summed E-state index contributed by atoms with van der Waals surface area (Å²) >= 11 is 1.61. The molecule has 0 saturated carbocycles. The second kappa shape index (κ2) is 6.80. The lowest BCUT2D eigenvalue weighted by Crippen LogP contribution is -2.31. The van der Waals surface area contributed by atoms with E-state index in [4.69, 9.17) is 4.52 Å². The Morgan fingerprint density at radius 3 is 2.92 bits per heavy atom. The van der Waals surface area contributed by atoms with Gasteiger partial charge in [-0.05, 0) is 31.2 Å². The highest BCUT2D eigenvalue weighted by Gasteiger charge is 2.34. The van der Waals surface area contributed by atoms with Crippen molar-refractivity contribution in [1.82, 2.24) is 15.0 Å². The van der Waals surface area contributed by atoms with Crippen LogP contribution in [0.3, 0.4) is 0 Å². The minimum Gasteiger partial charge on any atom is -0.337 e. The van der Waals surface area contributed by atoms with E-state index >= 15 is 0 Å². The van der Waals surface area contributed by atoms with Crippen LogP contribution in [0.1, 0.15) is 35.2 Å². The van der Waals surface area contributed by atoms with Gasteiger partial charge in [0.2, 0.25) is 17.6 Å². The van der Waals surface area contributed by atoms with Crippen LogP contribution in [0.2, 0.25) is 0 Å². The fourth-order valence-electron chi connectivity index (χ4n) is 3.18. The minimum atomic E-state index is -0.112. The van der Waals surface area contributed by atoms with Crippen molar-refractivity contribution in [2.45, 2.75) is 32.2 Å². The van der Waals surface area contributed by atoms with Gasteiger partial charge in [-0.2, -0.15) is 4.98 Å². The zero-order chi connectivity index (χ0) is 17.2. The smallest absolute Gasteiger partial charge is 0.249 e. The molecule has 3 aromatic rings. The molecule has 0 N–H and O–H groups in total. The van der Waals surface area contributed by atoms with Crippen LogP contribution in [0.4, 0.5) is 0 Å². The highest BCUT2D eigenvalue weighted by molar-refractivity contribution is 7.10. The van der Waals surface area contributed by atoms with Gasteiger partial charge in [0.05, 0.1) is 6.42 Å². The predicted molar refractivity (Wildman–Crippen MR) is 96.2 cm³/mol. The van der Waals surface area contributed by atoms with Crippen molar-refractivity contribution in [2.75, 3.05) is 6.54 Å². The molecule has 1 aliphatic rings. The number of aromatic nitrogens is 2. The Kier molecular flexibility index (Phi) is 4.36. The summed E-state index contributed by atoms with van der Waals surface area (Å²) in [5, 5.41) is 6.10. The third-order valence-corrected chi connectivity index (χ3v) is 5.39. The molecule has 1 fully saturated rings. The molecule has 6 heteroatoms. The Morgan fingerprint density at radius 1 is 1.32 bits per heavy atom. The average Bonchev–Trinajstić information content (AvgIpc) is 3.36. The molecule has 25 heavy (non-hydrogen) atoms. The van der Waals surface area contributed by atoms with Crippen molar-refractivity contribution in [3.8, 4) is 11.4 Å². The van der Waals surface area contributed by atoms with Crippen molar-refractivity contribution in [1.29, 1.82) is 0 Å². The largest absolute Gasteiger partial charge is 0.337 e. The number of benzene rings is 1. The van der Waals surface area contributed by atoms with Crippen LogP contribution in [0.5, 0.6) is 0 Å². The van der Waals surface area contributed by atoms with E-state index < -0.39 is 0 Å². The second-order valence-corrected chi connectivity index (χ2v) is 7.36. The number of carbonyl (C=O) groups excluding carboxylic acids is 1. The lowest BCUT2D eigenvalue weighted by Gasteiger charge is -2.21. The third-order valence-electron chi connectivity index (χ3n) is 4.52. The summed E-state index contributed by atoms with van der Waals surface area (Å²) < 4.78 is 5.50. The fraction of sp³-hybridized carbons (Fsp3) is 0.316. The molecule has 0 aliphatic carbocycles. The van der Waals surface area contributed by atoms with E-state index in [0.29, 0.717) is 18.1 Å². The SMILES string of the molecule is Cc1ccc(-c2noc(C3CCCN3C(=O)Cc3cccs3)n2)cc1. The molecular weight excluding hydrogens is 334 g/mol. The first kappa shape index (κ1) is 16.0. The lowest BCUT2D eigenvalue weighted by molar-refractivity contribution is -0.131. The quantitative estimate of drug-likeness (QED) is 0.711. The van der Waals surface area contributed by atoms with Crippen LogP contribution in [-0.2, 0) is 11.2 Å². The van der Waals surface area contributed by atoms with Crippen molar-refractivity contribution in [3.05, 3.63) is 58.1 Å². The van der Waals surface area contributed by atoms with E-state index in [9.17, 15) is 4.79 Å². The number of likely N-dealkylation sites (tertiary alicyclic amines) is 1. The Morgan fingerprint density at radius 2 is 2.16 bits per heavy atom. The van der Waals surface area contributed by atoms with Gasteiger partial charge in [-0.25, -0.2) is 0 Å². The van der Waals surface area contributed by atoms with Gasteiger partial charge in [-0.15, -0.1) is 11.3 Å². The summed E-state index contributed by atoms with van der Waals surface area (Å²) in [5.74, 6) is 1.24. The maximum atomic E-state index is 12.7. The van der Waals surface area contributed by atoms with Crippen LogP contribution in [0, 0.1) is 6.92 Å². The Labute approximate surface area is 150 Å². The van der Waals surface area contributed by atoms with Gasteiger partial charge in [0, 0.05) is 17.0 Å². The molecule has 4 rings (SSSR count). The van der Waals surface area contributed by atoms with E-state index in [1.165, 1.54) is 5.56 Å². The topological polar surface area (TPSA) is 59.2 Å². The minimum absolute atomic E-state index is 0.112. The third kappa shape index (κ3) is 3.35. The van der Waals surface area contributed by atoms with Crippen molar-refractivity contribution < 1.29 is 9.32 Å². The van der Waals surface area contributed by atoms with E-state index in [2.05, 4.69) is 10.1 Å². The molecule has 1 saturated heterocycles. The first-order valence-corrected chi connectivity index (χ1v) is 9.31. The molecule has 5 nitrogen and oxygen atoms in total. The highest BCUT2D eigenvalue weighted by atomic mass is 32.1.